The van der Waals surface area contributed by atoms with E-state index in [2.05, 4.69) is 20.4 Å². The zero-order valence-electron chi connectivity index (χ0n) is 23.1. The third-order valence-electron chi connectivity index (χ3n) is 6.64. The Kier molecular flexibility index (Phi) is 7.94. The molecule has 1 saturated carbocycles. The number of alkyl halides is 2. The van der Waals surface area contributed by atoms with Crippen LogP contribution in [-0.2, 0) is 4.74 Å². The van der Waals surface area contributed by atoms with E-state index in [1.54, 1.807) is 62.1 Å². The van der Waals surface area contributed by atoms with Crippen molar-refractivity contribution < 1.29 is 23.1 Å². The van der Waals surface area contributed by atoms with E-state index in [9.17, 15) is 9.59 Å². The topological polar surface area (TPSA) is 132 Å². The Balaban J connectivity index is 1.67. The molecule has 2 amide bonds. The van der Waals surface area contributed by atoms with Crippen LogP contribution in [0.3, 0.4) is 0 Å². The van der Waals surface area contributed by atoms with Gasteiger partial charge in [0.2, 0.25) is 5.95 Å². The van der Waals surface area contributed by atoms with Crippen LogP contribution in [0.15, 0.2) is 48.9 Å². The number of hydrogen-bond donors (Lipinski definition) is 2. The van der Waals surface area contributed by atoms with Crippen LogP contribution >= 0.6 is 0 Å². The number of carbonyl (C=O) groups excluding carboxylic acids is 2. The number of rotatable bonds is 7. The lowest BCUT2D eigenvalue weighted by Gasteiger charge is -2.46. The first-order valence-corrected chi connectivity index (χ1v) is 12.9. The molecular weight excluding hydrogens is 522 g/mol. The van der Waals surface area contributed by atoms with Gasteiger partial charge in [0.25, 0.3) is 11.8 Å². The normalized spacial score (nSPS) is 18.6. The monoisotopic (exact) mass is 556 g/mol. The van der Waals surface area contributed by atoms with Crippen molar-refractivity contribution in [3.63, 3.8) is 0 Å². The minimum Gasteiger partial charge on any atom is -0.444 e. The minimum absolute atomic E-state index is 0.0144. The first-order valence-electron chi connectivity index (χ1n) is 12.9. The maximum Gasteiger partial charge on any atom is 0.410 e. The van der Waals surface area contributed by atoms with Gasteiger partial charge in [-0.25, -0.2) is 23.2 Å². The van der Waals surface area contributed by atoms with Gasteiger partial charge < -0.3 is 25.6 Å². The van der Waals surface area contributed by atoms with E-state index >= 15 is 8.78 Å². The number of halogens is 2. The van der Waals surface area contributed by atoms with Crippen LogP contribution in [0.5, 0.6) is 0 Å². The molecule has 1 aromatic carbocycles. The molecule has 13 heteroatoms. The van der Waals surface area contributed by atoms with E-state index in [1.165, 1.54) is 30.1 Å². The maximum absolute atomic E-state index is 15.5. The number of nitrogens with two attached hydrogens (primary N) is 1. The molecule has 40 heavy (non-hydrogen) atoms. The van der Waals surface area contributed by atoms with Crippen LogP contribution in [0.2, 0.25) is 0 Å². The fourth-order valence-electron chi connectivity index (χ4n) is 4.78. The summed E-state index contributed by atoms with van der Waals surface area (Å²) in [4.78, 5) is 36.1. The average Bonchev–Trinajstić information content (AvgIpc) is 3.41. The first kappa shape index (κ1) is 28.7. The van der Waals surface area contributed by atoms with Crippen LogP contribution in [0, 0.1) is 0 Å². The fraction of sp³-hybridized carbons (Fsp3) is 0.444. The number of carbonyl (C=O) groups is 2. The SMILES string of the molecule is CN(C(=O)OC(C)(C)C)C1CCCC(F)(F)C1N(C)c1ncc(C(N)=O)c(Nc2cccc(-n3cccn3)c2)n1. The lowest BCUT2D eigenvalue weighted by molar-refractivity contribution is -0.0813. The van der Waals surface area contributed by atoms with Gasteiger partial charge in [0, 0.05) is 44.8 Å². The maximum atomic E-state index is 15.5. The molecule has 214 valence electrons. The highest BCUT2D eigenvalue weighted by atomic mass is 19.3. The van der Waals surface area contributed by atoms with Gasteiger partial charge in [-0.1, -0.05) is 6.07 Å². The molecule has 4 rings (SSSR count). The summed E-state index contributed by atoms with van der Waals surface area (Å²) in [7, 11) is 2.90. The summed E-state index contributed by atoms with van der Waals surface area (Å²) >= 11 is 0. The van der Waals surface area contributed by atoms with E-state index in [-0.39, 0.29) is 30.2 Å². The summed E-state index contributed by atoms with van der Waals surface area (Å²) in [6, 6.07) is 6.62. The number of likely N-dealkylation sites (N-methyl/N-ethyl adjacent to an activating group) is 2. The van der Waals surface area contributed by atoms with Gasteiger partial charge in [0.15, 0.2) is 0 Å². The quantitative estimate of drug-likeness (QED) is 0.439. The molecule has 11 nitrogen and oxygen atoms in total. The van der Waals surface area contributed by atoms with Gasteiger partial charge in [-0.15, -0.1) is 0 Å². The van der Waals surface area contributed by atoms with Crippen LogP contribution in [0.1, 0.15) is 50.4 Å². The van der Waals surface area contributed by atoms with Gasteiger partial charge in [0.1, 0.15) is 23.0 Å². The van der Waals surface area contributed by atoms with Crippen LogP contribution in [0.25, 0.3) is 5.69 Å². The molecule has 0 spiro atoms. The molecule has 3 aromatic rings. The lowest BCUT2D eigenvalue weighted by Crippen LogP contribution is -2.62. The van der Waals surface area contributed by atoms with E-state index in [1.807, 2.05) is 6.07 Å². The van der Waals surface area contributed by atoms with Crippen molar-refractivity contribution in [2.45, 2.75) is 63.6 Å². The molecule has 2 aromatic heterocycles. The van der Waals surface area contributed by atoms with E-state index < -0.39 is 35.6 Å². The van der Waals surface area contributed by atoms with Crippen LogP contribution in [0.4, 0.5) is 31.0 Å². The second-order valence-electron chi connectivity index (χ2n) is 10.8. The summed E-state index contributed by atoms with van der Waals surface area (Å²) in [6.45, 7) is 5.14. The molecule has 1 aliphatic carbocycles. The summed E-state index contributed by atoms with van der Waals surface area (Å²) < 4.78 is 38.1. The molecule has 0 bridgehead atoms. The molecule has 1 fully saturated rings. The highest BCUT2D eigenvalue weighted by Crippen LogP contribution is 2.40. The number of nitrogens with zero attached hydrogens (tertiary/aromatic N) is 6. The van der Waals surface area contributed by atoms with Crippen molar-refractivity contribution >= 4 is 29.5 Å². The van der Waals surface area contributed by atoms with Crippen molar-refractivity contribution in [3.05, 3.63) is 54.5 Å². The zero-order chi connectivity index (χ0) is 29.2. The molecule has 1 aliphatic rings. The molecule has 3 N–H and O–H groups in total. The number of aromatic nitrogens is 4. The second kappa shape index (κ2) is 11.1. The minimum atomic E-state index is -3.16. The number of nitrogens with one attached hydrogen (secondary N) is 1. The fourth-order valence-corrected chi connectivity index (χ4v) is 4.78. The Labute approximate surface area is 231 Å². The second-order valence-corrected chi connectivity index (χ2v) is 10.8. The number of ether oxygens (including phenoxy) is 1. The predicted molar refractivity (Wildman–Crippen MR) is 146 cm³/mol. The van der Waals surface area contributed by atoms with Gasteiger partial charge >= 0.3 is 6.09 Å². The van der Waals surface area contributed by atoms with Crippen LogP contribution in [-0.4, -0.2) is 74.4 Å². The highest BCUT2D eigenvalue weighted by molar-refractivity contribution is 5.98. The molecule has 0 aliphatic heterocycles. The van der Waals surface area contributed by atoms with E-state index in [0.717, 1.165) is 5.69 Å². The van der Waals surface area contributed by atoms with Crippen molar-refractivity contribution in [1.29, 1.82) is 0 Å². The largest absolute Gasteiger partial charge is 0.444 e. The zero-order valence-corrected chi connectivity index (χ0v) is 23.1. The number of primary amides is 1. The summed E-state index contributed by atoms with van der Waals surface area (Å²) in [5.74, 6) is -3.96. The molecular formula is C27H34F2N8O3. The molecule has 0 radical (unpaired) electrons. The smallest absolute Gasteiger partial charge is 0.410 e. The van der Waals surface area contributed by atoms with Gasteiger partial charge in [-0.2, -0.15) is 10.1 Å². The van der Waals surface area contributed by atoms with E-state index in [4.69, 9.17) is 10.5 Å². The summed E-state index contributed by atoms with van der Waals surface area (Å²) in [5, 5.41) is 7.27. The van der Waals surface area contributed by atoms with Gasteiger partial charge in [-0.05, 0) is 57.9 Å². The Morgan fingerprint density at radius 1 is 1.23 bits per heavy atom. The van der Waals surface area contributed by atoms with Crippen molar-refractivity contribution in [3.8, 4) is 5.69 Å². The first-order chi connectivity index (χ1) is 18.8. The third kappa shape index (κ3) is 6.29. The van der Waals surface area contributed by atoms with Crippen LogP contribution < -0.4 is 16.0 Å². The number of hydrogen-bond acceptors (Lipinski definition) is 8. The Bertz CT molecular complexity index is 1360. The summed E-state index contributed by atoms with van der Waals surface area (Å²) in [6.07, 6.45) is 4.14. The number of benzene rings is 1. The third-order valence-corrected chi connectivity index (χ3v) is 6.64. The van der Waals surface area contributed by atoms with Crippen molar-refractivity contribution in [1.82, 2.24) is 24.6 Å². The molecule has 2 unspecified atom stereocenters. The highest BCUT2D eigenvalue weighted by Gasteiger charge is 2.52. The average molecular weight is 557 g/mol. The predicted octanol–water partition coefficient (Wildman–Crippen LogP) is 4.36. The lowest BCUT2D eigenvalue weighted by atomic mass is 9.85. The van der Waals surface area contributed by atoms with Crippen molar-refractivity contribution in [2.24, 2.45) is 5.73 Å². The summed E-state index contributed by atoms with van der Waals surface area (Å²) in [5.41, 5.74) is 6.08. The number of amides is 2. The number of anilines is 3. The molecule has 2 atom stereocenters. The Hall–Kier alpha value is -4.29. The Morgan fingerprint density at radius 3 is 2.62 bits per heavy atom. The van der Waals surface area contributed by atoms with E-state index in [0.29, 0.717) is 12.1 Å². The molecule has 0 saturated heterocycles. The van der Waals surface area contributed by atoms with Gasteiger partial charge in [0.05, 0.1) is 11.7 Å². The van der Waals surface area contributed by atoms with Gasteiger partial charge in [-0.3, -0.25) is 4.79 Å². The van der Waals surface area contributed by atoms with Crippen molar-refractivity contribution in [2.75, 3.05) is 24.3 Å². The molecule has 2 heterocycles. The standard InChI is InChI=1S/C27H34F2N8O3/c1-26(2,3)40-25(39)35(4)20-11-7-12-27(28,29)21(20)36(5)24-31-16-19(22(30)38)23(34-24)33-17-9-6-10-18(15-17)37-14-8-13-32-37/h6,8-10,13-16,20-21H,7,11-12H2,1-5H3,(H2,30,38)(H,31,33,34). The Morgan fingerprint density at radius 2 is 1.98 bits per heavy atom.